The zero-order chi connectivity index (χ0) is 46.5. The molecule has 18 heteroatoms. The van der Waals surface area contributed by atoms with Crippen molar-refractivity contribution in [2.45, 2.75) is 143 Å². The summed E-state index contributed by atoms with van der Waals surface area (Å²) in [7, 11) is 0. The molecule has 18 nitrogen and oxygen atoms in total. The first kappa shape index (κ1) is 47.4. The van der Waals surface area contributed by atoms with Gasteiger partial charge in [0, 0.05) is 99.6 Å². The molecule has 0 saturated carbocycles. The number of carbonyl (C=O) groups excluding carboxylic acids is 7. The van der Waals surface area contributed by atoms with E-state index in [1.807, 2.05) is 0 Å². The second-order valence-electron chi connectivity index (χ2n) is 18.7. The Morgan fingerprint density at radius 2 is 1.35 bits per heavy atom. The molecule has 0 radical (unpaired) electrons. The molecule has 62 heavy (non-hydrogen) atoms. The smallest absolute Gasteiger partial charge is 0.192 e. The van der Waals surface area contributed by atoms with E-state index in [2.05, 4.69) is 10.3 Å². The van der Waals surface area contributed by atoms with Crippen LogP contribution in [0.5, 0.6) is 0 Å². The lowest BCUT2D eigenvalue weighted by molar-refractivity contribution is -0.399. The van der Waals surface area contributed by atoms with E-state index in [0.717, 1.165) is 0 Å². The Labute approximate surface area is 358 Å². The van der Waals surface area contributed by atoms with Gasteiger partial charge in [0.05, 0.1) is 29.0 Å². The fourth-order valence-corrected chi connectivity index (χ4v) is 11.4. The van der Waals surface area contributed by atoms with Crippen LogP contribution in [0.15, 0.2) is 44.2 Å². The number of hydrogen-bond acceptors (Lipinski definition) is 17. The van der Waals surface area contributed by atoms with Crippen LogP contribution in [0.2, 0.25) is 0 Å². The predicted molar refractivity (Wildman–Crippen MR) is 203 cm³/mol. The molecule has 5 rings (SSSR count). The number of nitrogens with one attached hydrogen (secondary N) is 2. The van der Waals surface area contributed by atoms with Crippen LogP contribution in [0, 0.1) is 34.0 Å². The molecule has 0 amide bonds. The third-order valence-electron chi connectivity index (χ3n) is 14.9. The summed E-state index contributed by atoms with van der Waals surface area (Å²) in [6.07, 6.45) is -3.29. The zero-order valence-corrected chi connectivity index (χ0v) is 36.0. The summed E-state index contributed by atoms with van der Waals surface area (Å²) in [4.78, 5) is 100. The largest absolute Gasteiger partial charge is 0.550 e. The van der Waals surface area contributed by atoms with Gasteiger partial charge in [-0.15, -0.1) is 0 Å². The van der Waals surface area contributed by atoms with E-state index in [1.165, 1.54) is 6.08 Å². The van der Waals surface area contributed by atoms with E-state index in [0.29, 0.717) is 33.8 Å². The number of hydrogen-bond donors (Lipinski definition) is 2. The number of aliphatic carboxylic acids is 7. The molecule has 0 aliphatic carbocycles. The molecule has 1 saturated heterocycles. The molecule has 5 aliphatic heterocycles. The normalized spacial score (nSPS) is 34.6. The topological polar surface area (TPSA) is 332 Å². The maximum atomic E-state index is 12.8. The van der Waals surface area contributed by atoms with Crippen molar-refractivity contribution in [1.29, 1.82) is 0 Å². The Hall–Kier alpha value is -5.68. The molecule has 2 N–H and O–H groups in total. The van der Waals surface area contributed by atoms with Crippen molar-refractivity contribution in [3.05, 3.63) is 34.2 Å². The minimum atomic E-state index is -1.62. The monoisotopic (exact) mass is 860 g/mol. The quantitative estimate of drug-likeness (QED) is 0.130. The van der Waals surface area contributed by atoms with Gasteiger partial charge in [-0.25, -0.2) is 4.99 Å². The van der Waals surface area contributed by atoms with Gasteiger partial charge in [-0.05, 0) is 109 Å². The third kappa shape index (κ3) is 8.43. The Bertz CT molecular complexity index is 2190. The molecular formula is C44H52N4O14-6. The molecule has 0 spiro atoms. The number of carboxylic acids is 7. The first-order valence-corrected chi connectivity index (χ1v) is 20.8. The van der Waals surface area contributed by atoms with Crippen LogP contribution in [0.1, 0.15) is 126 Å². The van der Waals surface area contributed by atoms with Gasteiger partial charge in [0.2, 0.25) is 0 Å². The van der Waals surface area contributed by atoms with Crippen LogP contribution >= 0.6 is 0 Å². The van der Waals surface area contributed by atoms with E-state index in [9.17, 15) is 69.3 Å². The molecule has 0 aromatic carbocycles. The van der Waals surface area contributed by atoms with Crippen molar-refractivity contribution < 1.29 is 74.3 Å². The number of carbonyl (C=O) groups is 7. The number of fused-ring (bicyclic) bond motifs is 6. The van der Waals surface area contributed by atoms with Gasteiger partial charge in [-0.2, -0.15) is 0 Å². The van der Waals surface area contributed by atoms with Gasteiger partial charge < -0.3 is 74.6 Å². The fraction of sp³-hybridized carbons (Fsp3) is 0.636. The molecule has 5 aliphatic rings. The van der Waals surface area contributed by atoms with Crippen LogP contribution in [0.3, 0.4) is 0 Å². The molecule has 338 valence electrons. The Kier molecular flexibility index (Phi) is 12.9. The molecular weight excluding hydrogens is 808 g/mol. The van der Waals surface area contributed by atoms with Crippen LogP contribution in [0.4, 0.5) is 0 Å². The molecule has 8 bridgehead atoms. The molecule has 1 fully saturated rings. The Morgan fingerprint density at radius 1 is 0.774 bits per heavy atom. The first-order valence-electron chi connectivity index (χ1n) is 20.8. The van der Waals surface area contributed by atoms with Crippen molar-refractivity contribution in [2.24, 2.45) is 44.0 Å². The summed E-state index contributed by atoms with van der Waals surface area (Å²) < 4.78 is 0. The number of carboxylic acid groups (broad SMARTS) is 7. The highest BCUT2D eigenvalue weighted by atomic mass is 16.4. The van der Waals surface area contributed by atoms with Gasteiger partial charge >= 0.3 is 0 Å². The Balaban J connectivity index is 1.95. The standard InChI is InChI=1S/C44H58N4O14/c1-21-37-23(8-11-30(49)50)22(2)43(6,48-37)18-28-24(9-12-31(51)52)41(4,19-35(59)60)29(45-28)17-27-25(10-13-32(53)54)42(5,20-36(61)62)44(7,47-27)39-26(16-34(57)58)40(3,38(21)46-39)15-14-33(55)56/h17,21,25-26,39,47H,8-16,18-20H2,1-7H3,(H,49,50)(H,51,52)(H,53,54)(H,55,56)(H,57,58)(H,59,60)(H,61,62)/p-6/b27-17-/t21?,25-,26+,39-,40-,41+,42+,43+,44+/m1/s1. The lowest BCUT2D eigenvalue weighted by Gasteiger charge is -2.49. The van der Waals surface area contributed by atoms with Gasteiger partial charge in [-0.1, -0.05) is 20.8 Å². The number of rotatable bonds is 18. The van der Waals surface area contributed by atoms with Crippen LogP contribution < -0.4 is 46.1 Å². The van der Waals surface area contributed by atoms with Gasteiger partial charge in [0.15, 0.2) is 11.4 Å². The predicted octanol–water partition coefficient (Wildman–Crippen LogP) is -5.79. The van der Waals surface area contributed by atoms with E-state index in [1.54, 1.807) is 48.5 Å². The number of aliphatic imine (C=N–C) groups is 2. The first-order chi connectivity index (χ1) is 28.6. The van der Waals surface area contributed by atoms with Crippen LogP contribution in [0.25, 0.3) is 0 Å². The maximum absolute atomic E-state index is 12.8. The number of nitrogens with zero attached hydrogens (tertiary/aromatic N) is 2. The van der Waals surface area contributed by atoms with Crippen molar-refractivity contribution >= 4 is 58.9 Å². The van der Waals surface area contributed by atoms with Crippen LogP contribution in [-0.2, 0) is 33.6 Å². The van der Waals surface area contributed by atoms with Crippen molar-refractivity contribution in [2.75, 3.05) is 0 Å². The van der Waals surface area contributed by atoms with E-state index >= 15 is 0 Å². The molecule has 0 aromatic heterocycles. The lowest BCUT2D eigenvalue weighted by atomic mass is 9.56. The minimum absolute atomic E-state index is 0.00637. The summed E-state index contributed by atoms with van der Waals surface area (Å²) in [5, 5.41) is 89.8. The SMILES string of the molecule is CC1=C(CCC(=O)[O-])C2=N[C@@]1(C)CC1=C(CCC(=O)[O-])[C@](C)(CC(=O)[O-])C(=[NH+]1)/C=C1\N[C@@](C)([C@@H]3N=C(C2C)[C@](C)(CCC(=O)[O-])[C@H]3CC(=O)[O-])[C@@](C)(CC(=O)[O-])[C@@H]1CCC(=O)[O-]. The molecule has 1 unspecified atom stereocenters. The summed E-state index contributed by atoms with van der Waals surface area (Å²) in [5.41, 5.74) is -4.30. The molecule has 9 atom stereocenters. The highest BCUT2D eigenvalue weighted by Crippen LogP contribution is 2.60. The minimum Gasteiger partial charge on any atom is -0.550 e. The summed E-state index contributed by atoms with van der Waals surface area (Å²) >= 11 is 0. The molecule has 0 aromatic rings. The van der Waals surface area contributed by atoms with Gasteiger partial charge in [-0.3, -0.25) is 9.98 Å². The van der Waals surface area contributed by atoms with E-state index < -0.39 is 138 Å². The van der Waals surface area contributed by atoms with Crippen LogP contribution in [-0.4, -0.2) is 76.0 Å². The second kappa shape index (κ2) is 16.9. The van der Waals surface area contributed by atoms with Crippen molar-refractivity contribution in [3.8, 4) is 0 Å². The second-order valence-corrected chi connectivity index (χ2v) is 18.7. The van der Waals surface area contributed by atoms with Gasteiger partial charge in [0.25, 0.3) is 0 Å². The average Bonchev–Trinajstić information content (AvgIpc) is 3.72. The Morgan fingerprint density at radius 3 is 1.90 bits per heavy atom. The van der Waals surface area contributed by atoms with Crippen molar-refractivity contribution in [1.82, 2.24) is 5.32 Å². The zero-order valence-electron chi connectivity index (χ0n) is 36.0. The summed E-state index contributed by atoms with van der Waals surface area (Å²) in [6.45, 7) is 11.7. The third-order valence-corrected chi connectivity index (χ3v) is 14.9. The highest BCUT2D eigenvalue weighted by Gasteiger charge is 2.66. The highest BCUT2D eigenvalue weighted by molar-refractivity contribution is 6.18. The molecule has 5 heterocycles. The fourth-order valence-electron chi connectivity index (χ4n) is 11.4. The lowest BCUT2D eigenvalue weighted by Crippen LogP contribution is -2.70. The average molecular weight is 861 g/mol. The van der Waals surface area contributed by atoms with Gasteiger partial charge in [0.1, 0.15) is 0 Å². The maximum Gasteiger partial charge on any atom is 0.192 e. The summed E-state index contributed by atoms with van der Waals surface area (Å²) in [6, 6.07) is -1.20. The van der Waals surface area contributed by atoms with Crippen molar-refractivity contribution in [3.63, 3.8) is 0 Å². The van der Waals surface area contributed by atoms with E-state index in [-0.39, 0.29) is 43.5 Å². The van der Waals surface area contributed by atoms with E-state index in [4.69, 9.17) is 9.98 Å². The summed E-state index contributed by atoms with van der Waals surface area (Å²) in [5.74, 6) is -13.2. The number of allylic oxidation sites excluding steroid dienone is 4.